The number of halogens is 2. The van der Waals surface area contributed by atoms with Crippen molar-refractivity contribution in [2.75, 3.05) is 19.3 Å². The van der Waals surface area contributed by atoms with Gasteiger partial charge >= 0.3 is 0 Å². The Kier molecular flexibility index (Phi) is 5.73. The van der Waals surface area contributed by atoms with E-state index in [-0.39, 0.29) is 15.7 Å². The summed E-state index contributed by atoms with van der Waals surface area (Å²) in [6.07, 6.45) is 0. The second-order valence-corrected chi connectivity index (χ2v) is 8.36. The average molecular weight is 377 g/mol. The van der Waals surface area contributed by atoms with Gasteiger partial charge in [-0.2, -0.15) is 0 Å². The largest absolute Gasteiger partial charge is 0.361 e. The lowest BCUT2D eigenvalue weighted by Gasteiger charge is -2.16. The van der Waals surface area contributed by atoms with Crippen molar-refractivity contribution < 1.29 is 12.9 Å². The molecule has 0 radical (unpaired) electrons. The molecular weight excluding hydrogens is 359 g/mol. The molecule has 1 heterocycles. The van der Waals surface area contributed by atoms with Crippen molar-refractivity contribution in [2.45, 2.75) is 25.3 Å². The molecule has 23 heavy (non-hydrogen) atoms. The molecule has 8 heteroatoms. The third-order valence-corrected chi connectivity index (χ3v) is 5.98. The van der Waals surface area contributed by atoms with Crippen molar-refractivity contribution in [2.24, 2.45) is 0 Å². The van der Waals surface area contributed by atoms with Gasteiger partial charge in [0, 0.05) is 23.7 Å². The monoisotopic (exact) mass is 376 g/mol. The molecule has 0 N–H and O–H groups in total. The maximum Gasteiger partial charge on any atom is 0.181 e. The highest BCUT2D eigenvalue weighted by Gasteiger charge is 2.20. The second-order valence-electron chi connectivity index (χ2n) is 5.43. The van der Waals surface area contributed by atoms with Crippen LogP contribution < -0.4 is 0 Å². The zero-order valence-electron chi connectivity index (χ0n) is 13.1. The highest BCUT2D eigenvalue weighted by atomic mass is 35.5. The van der Waals surface area contributed by atoms with Gasteiger partial charge in [-0.25, -0.2) is 8.42 Å². The van der Waals surface area contributed by atoms with Crippen LogP contribution in [0.3, 0.4) is 0 Å². The van der Waals surface area contributed by atoms with Crippen molar-refractivity contribution >= 4 is 33.0 Å². The van der Waals surface area contributed by atoms with Gasteiger partial charge in [-0.15, -0.1) is 0 Å². The highest BCUT2D eigenvalue weighted by Crippen LogP contribution is 2.26. The highest BCUT2D eigenvalue weighted by molar-refractivity contribution is 7.91. The molecule has 0 amide bonds. The Morgan fingerprint density at radius 2 is 1.96 bits per heavy atom. The zero-order chi connectivity index (χ0) is 17.2. The van der Waals surface area contributed by atoms with Crippen LogP contribution in [0.15, 0.2) is 27.6 Å². The van der Waals surface area contributed by atoms with Crippen molar-refractivity contribution in [1.29, 1.82) is 0 Å². The van der Waals surface area contributed by atoms with Gasteiger partial charge in [-0.05, 0) is 39.1 Å². The minimum atomic E-state index is -3.50. The summed E-state index contributed by atoms with van der Waals surface area (Å²) in [5, 5.41) is 4.42. The lowest BCUT2D eigenvalue weighted by atomic mass is 10.2. The summed E-state index contributed by atoms with van der Waals surface area (Å²) in [7, 11) is -1.66. The van der Waals surface area contributed by atoms with E-state index < -0.39 is 9.84 Å². The molecule has 5 nitrogen and oxygen atoms in total. The summed E-state index contributed by atoms with van der Waals surface area (Å²) in [5.41, 5.74) is 1.79. The summed E-state index contributed by atoms with van der Waals surface area (Å²) in [6.45, 7) is 4.63. The van der Waals surface area contributed by atoms with E-state index in [2.05, 4.69) is 5.16 Å². The van der Waals surface area contributed by atoms with Crippen LogP contribution in [0.25, 0.3) is 0 Å². The molecule has 0 aliphatic heterocycles. The first-order chi connectivity index (χ1) is 10.7. The van der Waals surface area contributed by atoms with Crippen LogP contribution >= 0.6 is 23.2 Å². The molecule has 0 saturated carbocycles. The summed E-state index contributed by atoms with van der Waals surface area (Å²) in [5.74, 6) is 0.697. The van der Waals surface area contributed by atoms with Gasteiger partial charge in [0.1, 0.15) is 5.76 Å². The first-order valence-corrected chi connectivity index (χ1v) is 9.39. The van der Waals surface area contributed by atoms with Gasteiger partial charge < -0.3 is 9.42 Å². The fourth-order valence-corrected chi connectivity index (χ4v) is 4.33. The van der Waals surface area contributed by atoms with Crippen LogP contribution in [-0.4, -0.2) is 37.8 Å². The normalized spacial score (nSPS) is 12.1. The van der Waals surface area contributed by atoms with Gasteiger partial charge in [0.2, 0.25) is 0 Å². The van der Waals surface area contributed by atoms with Crippen LogP contribution in [0, 0.1) is 13.8 Å². The number of rotatable bonds is 6. The molecule has 1 aromatic carbocycles. The molecule has 0 aliphatic rings. The quantitative estimate of drug-likeness (QED) is 0.771. The number of benzene rings is 1. The van der Waals surface area contributed by atoms with E-state index in [0.29, 0.717) is 18.1 Å². The van der Waals surface area contributed by atoms with Gasteiger partial charge in [-0.3, -0.25) is 0 Å². The number of hydrogen-bond acceptors (Lipinski definition) is 5. The molecule has 0 aliphatic carbocycles. The van der Waals surface area contributed by atoms with Crippen molar-refractivity contribution in [3.8, 4) is 0 Å². The lowest BCUT2D eigenvalue weighted by molar-refractivity contribution is 0.340. The Balaban J connectivity index is 2.06. The van der Waals surface area contributed by atoms with Crippen molar-refractivity contribution in [1.82, 2.24) is 10.1 Å². The molecule has 126 valence electrons. The second kappa shape index (κ2) is 7.21. The molecular formula is C15H18Cl2N2O3S. The van der Waals surface area contributed by atoms with E-state index in [0.717, 1.165) is 17.0 Å². The summed E-state index contributed by atoms with van der Waals surface area (Å²) < 4.78 is 30.0. The fraction of sp³-hybridized carbons (Fsp3) is 0.400. The first-order valence-electron chi connectivity index (χ1n) is 6.99. The molecule has 0 saturated heterocycles. The zero-order valence-corrected chi connectivity index (χ0v) is 15.5. The molecule has 0 atom stereocenters. The summed E-state index contributed by atoms with van der Waals surface area (Å²) in [6, 6.07) is 4.43. The van der Waals surface area contributed by atoms with Crippen molar-refractivity contribution in [3.63, 3.8) is 0 Å². The maximum atomic E-state index is 12.4. The molecule has 0 fully saturated rings. The van der Waals surface area contributed by atoms with E-state index >= 15 is 0 Å². The van der Waals surface area contributed by atoms with Gasteiger partial charge in [0.05, 0.1) is 21.4 Å². The molecule has 1 aromatic heterocycles. The number of hydrogen-bond donors (Lipinski definition) is 0. The van der Waals surface area contributed by atoms with E-state index in [9.17, 15) is 8.42 Å². The Hall–Kier alpha value is -1.08. The van der Waals surface area contributed by atoms with Crippen LogP contribution in [0.4, 0.5) is 0 Å². The minimum absolute atomic E-state index is 0.0487. The van der Waals surface area contributed by atoms with Crippen LogP contribution in [0.5, 0.6) is 0 Å². The Morgan fingerprint density at radius 3 is 2.57 bits per heavy atom. The minimum Gasteiger partial charge on any atom is -0.361 e. The molecule has 0 bridgehead atoms. The summed E-state index contributed by atoms with van der Waals surface area (Å²) in [4.78, 5) is 1.97. The standard InChI is InChI=1S/C15H18Cl2N2O3S/c1-10-13(11(2)22-18-10)9-19(3)6-7-23(20,21)15-8-12(16)4-5-14(15)17/h4-5,8H,6-7,9H2,1-3H3. The van der Waals surface area contributed by atoms with Gasteiger partial charge in [0.15, 0.2) is 9.84 Å². The Labute approximate surface area is 146 Å². The molecule has 2 rings (SSSR count). The SMILES string of the molecule is Cc1noc(C)c1CN(C)CCS(=O)(=O)c1cc(Cl)ccc1Cl. The molecule has 0 spiro atoms. The van der Waals surface area contributed by atoms with Crippen LogP contribution in [0.2, 0.25) is 10.0 Å². The van der Waals surface area contributed by atoms with Crippen LogP contribution in [-0.2, 0) is 16.4 Å². The Morgan fingerprint density at radius 1 is 1.26 bits per heavy atom. The Bertz CT molecular complexity index is 784. The number of nitrogens with zero attached hydrogens (tertiary/aromatic N) is 2. The topological polar surface area (TPSA) is 63.4 Å². The number of sulfone groups is 1. The van der Waals surface area contributed by atoms with E-state index in [1.807, 2.05) is 25.8 Å². The third kappa shape index (κ3) is 4.47. The van der Waals surface area contributed by atoms with E-state index in [1.165, 1.54) is 12.1 Å². The van der Waals surface area contributed by atoms with Crippen molar-refractivity contribution in [3.05, 3.63) is 45.3 Å². The van der Waals surface area contributed by atoms with Gasteiger partial charge in [0.25, 0.3) is 0 Å². The average Bonchev–Trinajstić information content (AvgIpc) is 2.79. The van der Waals surface area contributed by atoms with E-state index in [4.69, 9.17) is 27.7 Å². The number of aromatic nitrogens is 1. The van der Waals surface area contributed by atoms with E-state index in [1.54, 1.807) is 6.07 Å². The maximum absolute atomic E-state index is 12.4. The smallest absolute Gasteiger partial charge is 0.181 e. The predicted molar refractivity (Wildman–Crippen MR) is 90.8 cm³/mol. The third-order valence-electron chi connectivity index (χ3n) is 3.58. The fourth-order valence-electron chi connectivity index (χ4n) is 2.18. The predicted octanol–water partition coefficient (Wildman–Crippen LogP) is 3.50. The first kappa shape index (κ1) is 18.3. The lowest BCUT2D eigenvalue weighted by Crippen LogP contribution is -2.26. The molecule has 2 aromatic rings. The van der Waals surface area contributed by atoms with Gasteiger partial charge in [-0.1, -0.05) is 28.4 Å². The van der Waals surface area contributed by atoms with Crippen LogP contribution in [0.1, 0.15) is 17.0 Å². The summed E-state index contributed by atoms with van der Waals surface area (Å²) >= 11 is 11.8. The number of aryl methyl sites for hydroxylation is 2. The molecule has 0 unspecified atom stereocenters.